The molecule has 3 aliphatic heterocycles. The van der Waals surface area contributed by atoms with Gasteiger partial charge >= 0.3 is 0 Å². The highest BCUT2D eigenvalue weighted by atomic mass is 79.9. The molecule has 10 heteroatoms. The number of nitrogens with zero attached hydrogens (tertiary/aromatic N) is 3. The summed E-state index contributed by atoms with van der Waals surface area (Å²) >= 11 is 3.42. The van der Waals surface area contributed by atoms with Crippen LogP contribution in [0.3, 0.4) is 0 Å². The fourth-order valence-electron chi connectivity index (χ4n) is 5.85. The van der Waals surface area contributed by atoms with Gasteiger partial charge in [-0.3, -0.25) is 24.5 Å². The summed E-state index contributed by atoms with van der Waals surface area (Å²) in [4.78, 5) is 55.5. The minimum Gasteiger partial charge on any atom is -0.496 e. The molecule has 0 spiro atoms. The van der Waals surface area contributed by atoms with Crippen LogP contribution < -0.4 is 9.64 Å². The molecular weight excluding hydrogens is 554 g/mol. The molecule has 2 saturated heterocycles. The summed E-state index contributed by atoms with van der Waals surface area (Å²) in [6.07, 6.45) is 3.66. The molecule has 0 radical (unpaired) electrons. The van der Waals surface area contributed by atoms with Crippen LogP contribution in [0.1, 0.15) is 27.5 Å². The highest BCUT2D eigenvalue weighted by molar-refractivity contribution is 9.10. The van der Waals surface area contributed by atoms with E-state index in [2.05, 4.69) is 15.9 Å². The Kier molecular flexibility index (Phi) is 5.64. The minimum atomic E-state index is -0.976. The zero-order valence-corrected chi connectivity index (χ0v) is 21.6. The third kappa shape index (κ3) is 3.47. The normalized spacial score (nSPS) is 23.2. The molecule has 0 aromatic heterocycles. The number of fused-ring (bicyclic) bond motifs is 5. The number of nitro groups is 1. The van der Waals surface area contributed by atoms with Crippen molar-refractivity contribution < 1.29 is 24.0 Å². The number of rotatable bonds is 5. The number of non-ortho nitro benzene ring substituents is 1. The third-order valence-electron chi connectivity index (χ3n) is 7.47. The van der Waals surface area contributed by atoms with Gasteiger partial charge < -0.3 is 9.64 Å². The largest absolute Gasteiger partial charge is 0.496 e. The maximum absolute atomic E-state index is 14.0. The van der Waals surface area contributed by atoms with E-state index in [-0.39, 0.29) is 17.2 Å². The highest BCUT2D eigenvalue weighted by Gasteiger charge is 2.64. The van der Waals surface area contributed by atoms with E-state index in [4.69, 9.17) is 4.74 Å². The second kappa shape index (κ2) is 8.91. The van der Waals surface area contributed by atoms with Crippen LogP contribution in [0.2, 0.25) is 0 Å². The Bertz CT molecular complexity index is 1570. The van der Waals surface area contributed by atoms with E-state index in [0.29, 0.717) is 15.8 Å². The van der Waals surface area contributed by atoms with E-state index >= 15 is 0 Å². The number of methoxy groups -OCH3 is 1. The first kappa shape index (κ1) is 24.1. The summed E-state index contributed by atoms with van der Waals surface area (Å²) < 4.78 is 5.87. The Balaban J connectivity index is 1.48. The summed E-state index contributed by atoms with van der Waals surface area (Å²) in [6.45, 7) is 0. The third-order valence-corrected chi connectivity index (χ3v) is 8.08. The molecule has 38 heavy (non-hydrogen) atoms. The molecule has 0 aliphatic carbocycles. The van der Waals surface area contributed by atoms with Gasteiger partial charge in [0.2, 0.25) is 11.8 Å². The van der Waals surface area contributed by atoms with Crippen LogP contribution in [-0.2, 0) is 9.59 Å². The van der Waals surface area contributed by atoms with Crippen LogP contribution in [0.4, 0.5) is 11.4 Å². The second-order valence-electron chi connectivity index (χ2n) is 9.34. The van der Waals surface area contributed by atoms with Crippen LogP contribution in [0, 0.1) is 22.0 Å². The average Bonchev–Trinajstić information content (AvgIpc) is 3.40. The van der Waals surface area contributed by atoms with Crippen molar-refractivity contribution in [3.05, 3.63) is 104 Å². The Morgan fingerprint density at radius 1 is 1.00 bits per heavy atom. The molecule has 3 aliphatic rings. The van der Waals surface area contributed by atoms with Crippen molar-refractivity contribution in [2.75, 3.05) is 12.0 Å². The summed E-state index contributed by atoms with van der Waals surface area (Å²) in [5.74, 6) is -2.60. The monoisotopic (exact) mass is 573 g/mol. The molecule has 9 nitrogen and oxygen atoms in total. The fraction of sp³-hybridized carbons (Fsp3) is 0.179. The van der Waals surface area contributed by atoms with E-state index in [9.17, 15) is 24.5 Å². The van der Waals surface area contributed by atoms with Gasteiger partial charge in [0, 0.05) is 23.9 Å². The van der Waals surface area contributed by atoms with Crippen LogP contribution in [0.5, 0.6) is 5.75 Å². The zero-order valence-electron chi connectivity index (χ0n) is 20.0. The number of carbonyl (C=O) groups excluding carboxylic acids is 3. The predicted molar refractivity (Wildman–Crippen MR) is 141 cm³/mol. The van der Waals surface area contributed by atoms with Gasteiger partial charge in [-0.1, -0.05) is 30.3 Å². The van der Waals surface area contributed by atoms with Crippen molar-refractivity contribution in [2.24, 2.45) is 11.8 Å². The lowest BCUT2D eigenvalue weighted by Gasteiger charge is -2.35. The number of ether oxygens (including phenoxy) is 1. The Morgan fingerprint density at radius 3 is 2.50 bits per heavy atom. The molecule has 6 rings (SSSR count). The quantitative estimate of drug-likeness (QED) is 0.187. The first-order valence-corrected chi connectivity index (χ1v) is 12.7. The lowest BCUT2D eigenvalue weighted by molar-refractivity contribution is -0.384. The standard InChI is InChI=1S/C28H20BrN3O6/c1-38-21-10-9-16(13-20(21)29)26(33)25-23-22(24-19-8-3-2-5-15(19)11-12-30(24)25)27(34)31(28(23)35)17-6-4-7-18(14-17)32(36)37/h2-14,22-25H,1H3/t22-,23+,24+,25-/m0/s1. The fourth-order valence-corrected chi connectivity index (χ4v) is 6.39. The van der Waals surface area contributed by atoms with Crippen LogP contribution in [-0.4, -0.2) is 40.6 Å². The average molecular weight is 574 g/mol. The predicted octanol–water partition coefficient (Wildman–Crippen LogP) is 4.76. The van der Waals surface area contributed by atoms with Crippen LogP contribution in [0.15, 0.2) is 77.4 Å². The van der Waals surface area contributed by atoms with Crippen molar-refractivity contribution in [1.29, 1.82) is 0 Å². The number of halogens is 1. The topological polar surface area (TPSA) is 110 Å². The molecule has 3 heterocycles. The molecule has 3 aromatic carbocycles. The van der Waals surface area contributed by atoms with Crippen LogP contribution in [0.25, 0.3) is 6.08 Å². The number of amides is 2. The first-order chi connectivity index (χ1) is 18.3. The molecule has 0 saturated carbocycles. The van der Waals surface area contributed by atoms with Crippen molar-refractivity contribution >= 4 is 51.0 Å². The van der Waals surface area contributed by atoms with Gasteiger partial charge in [0.15, 0.2) is 5.78 Å². The number of Topliss-reactive ketones (excluding diaryl/α,β-unsaturated/α-hetero) is 1. The number of hydrogen-bond donors (Lipinski definition) is 0. The smallest absolute Gasteiger partial charge is 0.271 e. The number of carbonyl (C=O) groups is 3. The summed E-state index contributed by atoms with van der Waals surface area (Å²) in [5.41, 5.74) is 2.00. The van der Waals surface area contributed by atoms with E-state index in [1.807, 2.05) is 35.2 Å². The summed E-state index contributed by atoms with van der Waals surface area (Å²) in [5, 5.41) is 11.4. The Morgan fingerprint density at radius 2 is 1.76 bits per heavy atom. The molecule has 0 unspecified atom stereocenters. The van der Waals surface area contributed by atoms with Gasteiger partial charge in [0.25, 0.3) is 5.69 Å². The molecule has 4 atom stereocenters. The van der Waals surface area contributed by atoms with Crippen molar-refractivity contribution in [3.63, 3.8) is 0 Å². The van der Waals surface area contributed by atoms with Crippen LogP contribution >= 0.6 is 15.9 Å². The van der Waals surface area contributed by atoms with Gasteiger partial charge in [0.05, 0.1) is 40.1 Å². The highest BCUT2D eigenvalue weighted by Crippen LogP contribution is 2.54. The molecule has 190 valence electrons. The number of anilines is 1. The van der Waals surface area contributed by atoms with Gasteiger partial charge in [-0.2, -0.15) is 0 Å². The maximum atomic E-state index is 14.0. The number of benzene rings is 3. The zero-order chi connectivity index (χ0) is 26.7. The van der Waals surface area contributed by atoms with E-state index < -0.39 is 40.7 Å². The molecular formula is C28H20BrN3O6. The number of nitro benzene ring substituents is 1. The molecule has 2 fully saturated rings. The molecule has 0 N–H and O–H groups in total. The van der Waals surface area contributed by atoms with Crippen molar-refractivity contribution in [3.8, 4) is 5.75 Å². The lowest BCUT2D eigenvalue weighted by Crippen LogP contribution is -2.44. The minimum absolute atomic E-state index is 0.119. The first-order valence-electron chi connectivity index (χ1n) is 11.9. The number of hydrogen-bond acceptors (Lipinski definition) is 7. The molecule has 2 amide bonds. The maximum Gasteiger partial charge on any atom is 0.271 e. The van der Waals surface area contributed by atoms with Crippen molar-refractivity contribution in [2.45, 2.75) is 12.1 Å². The molecule has 0 bridgehead atoms. The Labute approximate surface area is 225 Å². The Hall–Kier alpha value is -4.31. The lowest BCUT2D eigenvalue weighted by atomic mass is 9.83. The number of ketones is 1. The van der Waals surface area contributed by atoms with E-state index in [1.165, 1.54) is 31.4 Å². The SMILES string of the molecule is COc1ccc(C(=O)[C@@H]2[C@@H]3C(=O)N(c4cccc([N+](=O)[O-])c4)C(=O)[C@@H]3[C@H]3c4ccccc4C=CN23)cc1Br. The van der Waals surface area contributed by atoms with Gasteiger partial charge in [-0.25, -0.2) is 4.90 Å². The number of imide groups is 1. The van der Waals surface area contributed by atoms with Crippen molar-refractivity contribution in [1.82, 2.24) is 4.90 Å². The van der Waals surface area contributed by atoms with E-state index in [0.717, 1.165) is 16.0 Å². The van der Waals surface area contributed by atoms with Gasteiger partial charge in [-0.15, -0.1) is 0 Å². The van der Waals surface area contributed by atoms with Gasteiger partial charge in [-0.05, 0) is 57.4 Å². The summed E-state index contributed by atoms with van der Waals surface area (Å²) in [6, 6.07) is 16.5. The second-order valence-corrected chi connectivity index (χ2v) is 10.2. The molecule has 3 aromatic rings. The van der Waals surface area contributed by atoms with Gasteiger partial charge in [0.1, 0.15) is 11.8 Å². The summed E-state index contributed by atoms with van der Waals surface area (Å²) in [7, 11) is 1.52. The van der Waals surface area contributed by atoms with E-state index in [1.54, 1.807) is 24.4 Å².